The molecule has 1 heterocycles. The molecule has 2 aromatic rings. The first kappa shape index (κ1) is 12.4. The summed E-state index contributed by atoms with van der Waals surface area (Å²) in [6, 6.07) is 6.60. The molecule has 0 saturated carbocycles. The van der Waals surface area contributed by atoms with E-state index in [1.165, 1.54) is 7.11 Å². The van der Waals surface area contributed by atoms with Crippen molar-refractivity contribution >= 4 is 18.2 Å². The molecule has 2 N–H and O–H groups in total. The highest BCUT2D eigenvalue weighted by atomic mass is 32.1. The van der Waals surface area contributed by atoms with E-state index in [-0.39, 0.29) is 11.4 Å². The van der Waals surface area contributed by atoms with E-state index in [0.717, 1.165) is 0 Å². The van der Waals surface area contributed by atoms with Crippen molar-refractivity contribution in [1.82, 2.24) is 9.55 Å². The molecule has 18 heavy (non-hydrogen) atoms. The third-order valence-corrected chi connectivity index (χ3v) is 2.99. The number of imidazole rings is 1. The molecule has 5 nitrogen and oxygen atoms in total. The molecule has 0 unspecified atom stereocenters. The Morgan fingerprint density at radius 2 is 2.22 bits per heavy atom. The van der Waals surface area contributed by atoms with Gasteiger partial charge >= 0.3 is 5.97 Å². The lowest BCUT2D eigenvalue weighted by Gasteiger charge is -2.06. The molecule has 0 aliphatic carbocycles. The van der Waals surface area contributed by atoms with E-state index in [9.17, 15) is 9.90 Å². The standard InChI is InChI=1S/C12H12N2O3S/c1-14-10(7-4-3-5-8(15)6-7)9(11(16)17-2)13-12(14)18/h3-6,15H,1-2H3,(H,13,18). The smallest absolute Gasteiger partial charge is 0.356 e. The number of phenols is 1. The number of ether oxygens (including phenoxy) is 1. The van der Waals surface area contributed by atoms with Crippen LogP contribution in [0.5, 0.6) is 5.75 Å². The van der Waals surface area contributed by atoms with E-state index in [1.54, 1.807) is 35.9 Å². The van der Waals surface area contributed by atoms with Gasteiger partial charge < -0.3 is 19.4 Å². The van der Waals surface area contributed by atoms with Crippen LogP contribution in [-0.2, 0) is 11.8 Å². The Kier molecular flexibility index (Phi) is 3.20. The van der Waals surface area contributed by atoms with Gasteiger partial charge in [0.15, 0.2) is 10.5 Å². The van der Waals surface area contributed by atoms with Crippen molar-refractivity contribution in [3.8, 4) is 17.0 Å². The molecule has 0 bridgehead atoms. The Morgan fingerprint density at radius 3 is 2.83 bits per heavy atom. The zero-order valence-corrected chi connectivity index (χ0v) is 10.7. The monoisotopic (exact) mass is 264 g/mol. The fourth-order valence-electron chi connectivity index (χ4n) is 1.76. The first-order chi connectivity index (χ1) is 8.54. The molecule has 0 aliphatic rings. The fourth-order valence-corrected chi connectivity index (χ4v) is 1.95. The van der Waals surface area contributed by atoms with Gasteiger partial charge in [0.25, 0.3) is 0 Å². The number of nitrogens with one attached hydrogen (secondary N) is 1. The van der Waals surface area contributed by atoms with Gasteiger partial charge in [0.1, 0.15) is 5.75 Å². The second-order valence-corrected chi connectivity index (χ2v) is 4.14. The van der Waals surface area contributed by atoms with Crippen LogP contribution in [-0.4, -0.2) is 27.7 Å². The molecular formula is C12H12N2O3S. The van der Waals surface area contributed by atoms with E-state index in [1.807, 2.05) is 0 Å². The second kappa shape index (κ2) is 4.66. The molecule has 0 amide bonds. The van der Waals surface area contributed by atoms with Crippen LogP contribution >= 0.6 is 12.2 Å². The van der Waals surface area contributed by atoms with Gasteiger partial charge in [-0.05, 0) is 24.4 Å². The Balaban J connectivity index is 2.70. The maximum Gasteiger partial charge on any atom is 0.356 e. The number of hydrogen-bond acceptors (Lipinski definition) is 4. The summed E-state index contributed by atoms with van der Waals surface area (Å²) < 4.78 is 6.78. The lowest BCUT2D eigenvalue weighted by Crippen LogP contribution is -2.04. The van der Waals surface area contributed by atoms with Gasteiger partial charge in [0.05, 0.1) is 12.8 Å². The first-order valence-corrected chi connectivity index (χ1v) is 5.62. The minimum absolute atomic E-state index is 0.121. The summed E-state index contributed by atoms with van der Waals surface area (Å²) in [5.41, 5.74) is 1.55. The third kappa shape index (κ3) is 2.02. The molecule has 0 fully saturated rings. The zero-order valence-electron chi connectivity index (χ0n) is 9.93. The number of rotatable bonds is 2. The average molecular weight is 264 g/mol. The largest absolute Gasteiger partial charge is 0.508 e. The first-order valence-electron chi connectivity index (χ1n) is 5.21. The minimum atomic E-state index is -0.500. The Bertz CT molecular complexity index is 658. The van der Waals surface area contributed by atoms with Crippen molar-refractivity contribution in [2.24, 2.45) is 7.05 Å². The number of methoxy groups -OCH3 is 1. The predicted octanol–water partition coefficient (Wildman–Crippen LogP) is 2.24. The number of hydrogen-bond donors (Lipinski definition) is 2. The van der Waals surface area contributed by atoms with Crippen LogP contribution in [0.4, 0.5) is 0 Å². The number of carbonyl (C=O) groups is 1. The number of nitrogens with zero attached hydrogens (tertiary/aromatic N) is 1. The minimum Gasteiger partial charge on any atom is -0.508 e. The molecule has 2 rings (SSSR count). The van der Waals surface area contributed by atoms with Crippen LogP contribution in [0, 0.1) is 4.77 Å². The van der Waals surface area contributed by atoms with Gasteiger partial charge in [0, 0.05) is 12.6 Å². The van der Waals surface area contributed by atoms with Crippen LogP contribution in [0.3, 0.4) is 0 Å². The van der Waals surface area contributed by atoms with Crippen LogP contribution < -0.4 is 0 Å². The molecule has 0 spiro atoms. The molecule has 6 heteroatoms. The second-order valence-electron chi connectivity index (χ2n) is 3.75. The highest BCUT2D eigenvalue weighted by Crippen LogP contribution is 2.26. The van der Waals surface area contributed by atoms with Crippen LogP contribution in [0.1, 0.15) is 10.5 Å². The van der Waals surface area contributed by atoms with Crippen molar-refractivity contribution in [3.05, 3.63) is 34.7 Å². The summed E-state index contributed by atoms with van der Waals surface area (Å²) in [5.74, 6) is -0.379. The molecular weight excluding hydrogens is 252 g/mol. The van der Waals surface area contributed by atoms with Gasteiger partial charge in [-0.25, -0.2) is 4.79 Å². The van der Waals surface area contributed by atoms with E-state index in [4.69, 9.17) is 17.0 Å². The fraction of sp³-hybridized carbons (Fsp3) is 0.167. The Hall–Kier alpha value is -2.08. The van der Waals surface area contributed by atoms with Crippen LogP contribution in [0.25, 0.3) is 11.3 Å². The summed E-state index contributed by atoms with van der Waals surface area (Å²) in [7, 11) is 3.04. The molecule has 94 valence electrons. The normalized spacial score (nSPS) is 10.3. The van der Waals surface area contributed by atoms with E-state index >= 15 is 0 Å². The van der Waals surface area contributed by atoms with Crippen molar-refractivity contribution in [3.63, 3.8) is 0 Å². The number of aromatic hydroxyl groups is 1. The van der Waals surface area contributed by atoms with Crippen LogP contribution in [0.2, 0.25) is 0 Å². The summed E-state index contributed by atoms with van der Waals surface area (Å²) >= 11 is 5.10. The quantitative estimate of drug-likeness (QED) is 0.645. The highest BCUT2D eigenvalue weighted by molar-refractivity contribution is 7.71. The highest BCUT2D eigenvalue weighted by Gasteiger charge is 2.19. The summed E-state index contributed by atoms with van der Waals surface area (Å²) in [5, 5.41) is 9.50. The van der Waals surface area contributed by atoms with E-state index < -0.39 is 5.97 Å². The van der Waals surface area contributed by atoms with E-state index in [0.29, 0.717) is 16.0 Å². The Labute approximate surface area is 109 Å². The summed E-state index contributed by atoms with van der Waals surface area (Å²) in [6.07, 6.45) is 0. The van der Waals surface area contributed by atoms with Gasteiger partial charge in [-0.3, -0.25) is 0 Å². The lowest BCUT2D eigenvalue weighted by atomic mass is 10.1. The summed E-state index contributed by atoms with van der Waals surface area (Å²) in [4.78, 5) is 14.5. The molecule has 0 aliphatic heterocycles. The zero-order chi connectivity index (χ0) is 13.3. The third-order valence-electron chi connectivity index (χ3n) is 2.62. The number of phenolic OH excluding ortho intramolecular Hbond substituents is 1. The van der Waals surface area contributed by atoms with Crippen molar-refractivity contribution in [1.29, 1.82) is 0 Å². The number of esters is 1. The maximum absolute atomic E-state index is 11.7. The van der Waals surface area contributed by atoms with Gasteiger partial charge in [-0.2, -0.15) is 0 Å². The predicted molar refractivity (Wildman–Crippen MR) is 69.0 cm³/mol. The molecule has 0 saturated heterocycles. The van der Waals surface area contributed by atoms with Gasteiger partial charge in [-0.15, -0.1) is 0 Å². The maximum atomic E-state index is 11.7. The number of H-pyrrole nitrogens is 1. The van der Waals surface area contributed by atoms with Crippen molar-refractivity contribution in [2.75, 3.05) is 7.11 Å². The summed E-state index contributed by atoms with van der Waals surface area (Å²) in [6.45, 7) is 0. The van der Waals surface area contributed by atoms with Crippen molar-refractivity contribution < 1.29 is 14.6 Å². The molecule has 0 radical (unpaired) electrons. The SMILES string of the molecule is COC(=O)c1[nH]c(=S)n(C)c1-c1cccc(O)c1. The lowest BCUT2D eigenvalue weighted by molar-refractivity contribution is 0.0595. The number of aromatic amines is 1. The number of aromatic nitrogens is 2. The number of benzene rings is 1. The average Bonchev–Trinajstić information content (AvgIpc) is 2.65. The van der Waals surface area contributed by atoms with Crippen molar-refractivity contribution in [2.45, 2.75) is 0 Å². The topological polar surface area (TPSA) is 67.2 Å². The van der Waals surface area contributed by atoms with E-state index in [2.05, 4.69) is 4.98 Å². The number of carbonyl (C=O) groups excluding carboxylic acids is 1. The molecule has 0 atom stereocenters. The van der Waals surface area contributed by atoms with Gasteiger partial charge in [0.2, 0.25) is 0 Å². The molecule has 1 aromatic carbocycles. The Morgan fingerprint density at radius 1 is 1.50 bits per heavy atom. The van der Waals surface area contributed by atoms with Crippen LogP contribution in [0.15, 0.2) is 24.3 Å². The van der Waals surface area contributed by atoms with Gasteiger partial charge in [-0.1, -0.05) is 12.1 Å². The molecule has 1 aromatic heterocycles.